The van der Waals surface area contributed by atoms with Gasteiger partial charge in [0.25, 0.3) is 0 Å². The van der Waals surface area contributed by atoms with Crippen molar-refractivity contribution < 1.29 is 14.6 Å². The second kappa shape index (κ2) is 9.88. The molecule has 0 radical (unpaired) electrons. The Balaban J connectivity index is 1.56. The lowest BCUT2D eigenvalue weighted by atomic mass is 10.1. The zero-order valence-electron chi connectivity index (χ0n) is 13.3. The van der Waals surface area contributed by atoms with Crippen LogP contribution in [0.4, 0.5) is 0 Å². The molecule has 128 valence electrons. The predicted molar refractivity (Wildman–Crippen MR) is 90.5 cm³/mol. The van der Waals surface area contributed by atoms with Crippen molar-refractivity contribution in [2.75, 3.05) is 39.4 Å². The Morgan fingerprint density at radius 2 is 1.96 bits per heavy atom. The Morgan fingerprint density at radius 1 is 1.26 bits per heavy atom. The topological polar surface area (TPSA) is 61.8 Å². The molecule has 1 unspecified atom stereocenters. The molecule has 1 saturated heterocycles. The Morgan fingerprint density at radius 3 is 2.65 bits per heavy atom. The number of halogens is 1. The summed E-state index contributed by atoms with van der Waals surface area (Å²) in [6.07, 6.45) is 1.28. The summed E-state index contributed by atoms with van der Waals surface area (Å²) >= 11 is 5.81. The van der Waals surface area contributed by atoms with Gasteiger partial charge in [-0.05, 0) is 37.1 Å². The normalized spacial score (nSPS) is 17.0. The van der Waals surface area contributed by atoms with E-state index in [-0.39, 0.29) is 12.3 Å². The van der Waals surface area contributed by atoms with Crippen LogP contribution in [0.5, 0.6) is 0 Å². The number of amides is 1. The molecule has 1 heterocycles. The standard InChI is InChI=1S/C17H25ClN2O3/c18-15-5-3-14(4-6-15)16(21)13-17(22)19-7-1-2-8-20-9-11-23-12-10-20/h3-6,16,21H,1-2,7-13H2,(H,19,22). The number of aliphatic hydroxyl groups excluding tert-OH is 1. The fourth-order valence-corrected chi connectivity index (χ4v) is 2.69. The third kappa shape index (κ3) is 6.87. The quantitative estimate of drug-likeness (QED) is 0.710. The molecule has 5 nitrogen and oxygen atoms in total. The van der Waals surface area contributed by atoms with Crippen LogP contribution < -0.4 is 5.32 Å². The average Bonchev–Trinajstić information content (AvgIpc) is 2.56. The van der Waals surface area contributed by atoms with Crippen molar-refractivity contribution in [1.29, 1.82) is 0 Å². The maximum atomic E-state index is 11.8. The van der Waals surface area contributed by atoms with Crippen molar-refractivity contribution in [3.63, 3.8) is 0 Å². The van der Waals surface area contributed by atoms with Crippen molar-refractivity contribution in [3.8, 4) is 0 Å². The zero-order valence-corrected chi connectivity index (χ0v) is 14.1. The lowest BCUT2D eigenvalue weighted by Crippen LogP contribution is -2.37. The number of aliphatic hydroxyl groups is 1. The summed E-state index contributed by atoms with van der Waals surface area (Å²) in [5.74, 6) is -0.126. The fourth-order valence-electron chi connectivity index (χ4n) is 2.56. The number of carbonyl (C=O) groups is 1. The second-order valence-electron chi connectivity index (χ2n) is 5.78. The van der Waals surface area contributed by atoms with Crippen molar-refractivity contribution in [3.05, 3.63) is 34.9 Å². The molecule has 1 atom stereocenters. The lowest BCUT2D eigenvalue weighted by molar-refractivity contribution is -0.123. The molecule has 1 aromatic rings. The molecule has 1 fully saturated rings. The van der Waals surface area contributed by atoms with Crippen LogP contribution in [0.1, 0.15) is 30.9 Å². The minimum absolute atomic E-state index is 0.0745. The van der Waals surface area contributed by atoms with Gasteiger partial charge in [-0.15, -0.1) is 0 Å². The van der Waals surface area contributed by atoms with Crippen LogP contribution >= 0.6 is 11.6 Å². The van der Waals surface area contributed by atoms with E-state index in [1.54, 1.807) is 24.3 Å². The molecule has 1 aliphatic heterocycles. The number of ether oxygens (including phenoxy) is 1. The van der Waals surface area contributed by atoms with E-state index in [2.05, 4.69) is 10.2 Å². The Kier molecular flexibility index (Phi) is 7.82. The summed E-state index contributed by atoms with van der Waals surface area (Å²) in [6, 6.07) is 6.90. The molecule has 1 aliphatic rings. The van der Waals surface area contributed by atoms with Gasteiger partial charge in [0.15, 0.2) is 0 Å². The molecule has 0 bridgehead atoms. The summed E-state index contributed by atoms with van der Waals surface area (Å²) in [4.78, 5) is 14.2. The largest absolute Gasteiger partial charge is 0.388 e. The van der Waals surface area contributed by atoms with Crippen molar-refractivity contribution >= 4 is 17.5 Å². The van der Waals surface area contributed by atoms with Crippen LogP contribution in [0.3, 0.4) is 0 Å². The van der Waals surface area contributed by atoms with Gasteiger partial charge in [0.2, 0.25) is 5.91 Å². The zero-order chi connectivity index (χ0) is 16.5. The highest BCUT2D eigenvalue weighted by Crippen LogP contribution is 2.18. The first-order chi connectivity index (χ1) is 11.1. The summed E-state index contributed by atoms with van der Waals surface area (Å²) in [6.45, 7) is 5.33. The van der Waals surface area contributed by atoms with E-state index < -0.39 is 6.10 Å². The molecule has 0 aliphatic carbocycles. The second-order valence-corrected chi connectivity index (χ2v) is 6.22. The number of nitrogens with one attached hydrogen (secondary N) is 1. The summed E-state index contributed by atoms with van der Waals surface area (Å²) < 4.78 is 5.31. The van der Waals surface area contributed by atoms with Crippen LogP contribution in [0, 0.1) is 0 Å². The number of rotatable bonds is 8. The third-order valence-corrected chi connectivity index (χ3v) is 4.21. The smallest absolute Gasteiger partial charge is 0.222 e. The van der Waals surface area contributed by atoms with E-state index in [9.17, 15) is 9.90 Å². The number of unbranched alkanes of at least 4 members (excludes halogenated alkanes) is 1. The SMILES string of the molecule is O=C(CC(O)c1ccc(Cl)cc1)NCCCCN1CCOCC1. The highest BCUT2D eigenvalue weighted by Gasteiger charge is 2.13. The molecule has 6 heteroatoms. The molecule has 1 amide bonds. The number of hydrogen-bond donors (Lipinski definition) is 2. The number of nitrogens with zero attached hydrogens (tertiary/aromatic N) is 1. The molecule has 0 aromatic heterocycles. The Bertz CT molecular complexity index is 475. The van der Waals surface area contributed by atoms with Gasteiger partial charge in [-0.25, -0.2) is 0 Å². The Labute approximate surface area is 142 Å². The number of benzene rings is 1. The van der Waals surface area contributed by atoms with Crippen LogP contribution in [0.25, 0.3) is 0 Å². The monoisotopic (exact) mass is 340 g/mol. The van der Waals surface area contributed by atoms with E-state index in [0.717, 1.165) is 45.7 Å². The lowest BCUT2D eigenvalue weighted by Gasteiger charge is -2.26. The van der Waals surface area contributed by atoms with Gasteiger partial charge in [0, 0.05) is 24.7 Å². The first-order valence-corrected chi connectivity index (χ1v) is 8.53. The van der Waals surface area contributed by atoms with Gasteiger partial charge in [0.05, 0.1) is 25.7 Å². The molecular formula is C17H25ClN2O3. The van der Waals surface area contributed by atoms with Gasteiger partial charge in [-0.1, -0.05) is 23.7 Å². The highest BCUT2D eigenvalue weighted by atomic mass is 35.5. The molecule has 1 aromatic carbocycles. The molecule has 2 N–H and O–H groups in total. The summed E-state index contributed by atoms with van der Waals surface area (Å²) in [5.41, 5.74) is 0.705. The van der Waals surface area contributed by atoms with Gasteiger partial charge < -0.3 is 15.2 Å². The highest BCUT2D eigenvalue weighted by molar-refractivity contribution is 6.30. The van der Waals surface area contributed by atoms with E-state index in [4.69, 9.17) is 16.3 Å². The van der Waals surface area contributed by atoms with Crippen LogP contribution in [0.15, 0.2) is 24.3 Å². The predicted octanol–water partition coefficient (Wildman–Crippen LogP) is 1.99. The van der Waals surface area contributed by atoms with Gasteiger partial charge in [-0.3, -0.25) is 9.69 Å². The van der Waals surface area contributed by atoms with Gasteiger partial charge in [0.1, 0.15) is 0 Å². The number of morpholine rings is 1. The van der Waals surface area contributed by atoms with Crippen LogP contribution in [0.2, 0.25) is 5.02 Å². The van der Waals surface area contributed by atoms with E-state index >= 15 is 0 Å². The third-order valence-electron chi connectivity index (χ3n) is 3.96. The summed E-state index contributed by atoms with van der Waals surface area (Å²) in [5, 5.41) is 13.5. The van der Waals surface area contributed by atoms with Crippen molar-refractivity contribution in [1.82, 2.24) is 10.2 Å². The molecule has 0 spiro atoms. The summed E-state index contributed by atoms with van der Waals surface area (Å²) in [7, 11) is 0. The first kappa shape index (κ1) is 18.2. The maximum Gasteiger partial charge on any atom is 0.222 e. The number of carbonyl (C=O) groups excluding carboxylic acids is 1. The van der Waals surface area contributed by atoms with E-state index in [1.165, 1.54) is 0 Å². The first-order valence-electron chi connectivity index (χ1n) is 8.15. The van der Waals surface area contributed by atoms with E-state index in [0.29, 0.717) is 17.1 Å². The molecule has 2 rings (SSSR count). The molecular weight excluding hydrogens is 316 g/mol. The van der Waals surface area contributed by atoms with E-state index in [1.807, 2.05) is 0 Å². The van der Waals surface area contributed by atoms with Gasteiger partial charge >= 0.3 is 0 Å². The fraction of sp³-hybridized carbons (Fsp3) is 0.588. The van der Waals surface area contributed by atoms with Crippen LogP contribution in [-0.2, 0) is 9.53 Å². The van der Waals surface area contributed by atoms with Crippen molar-refractivity contribution in [2.24, 2.45) is 0 Å². The average molecular weight is 341 g/mol. The maximum absolute atomic E-state index is 11.8. The number of hydrogen-bond acceptors (Lipinski definition) is 4. The minimum atomic E-state index is -0.791. The molecule has 23 heavy (non-hydrogen) atoms. The van der Waals surface area contributed by atoms with Crippen molar-refractivity contribution in [2.45, 2.75) is 25.4 Å². The van der Waals surface area contributed by atoms with Crippen LogP contribution in [-0.4, -0.2) is 55.3 Å². The molecule has 0 saturated carbocycles. The minimum Gasteiger partial charge on any atom is -0.388 e. The Hall–Kier alpha value is -1.14. The van der Waals surface area contributed by atoms with Gasteiger partial charge in [-0.2, -0.15) is 0 Å².